The largest absolute Gasteiger partial charge is 0.493 e. The Bertz CT molecular complexity index is 641. The van der Waals surface area contributed by atoms with Gasteiger partial charge in [0.15, 0.2) is 5.43 Å². The summed E-state index contributed by atoms with van der Waals surface area (Å²) in [5.74, 6) is 1.56. The molecular formula is C16H17NO2. The number of para-hydroxylation sites is 1. The Hall–Kier alpha value is -2.03. The van der Waals surface area contributed by atoms with Crippen molar-refractivity contribution in [3.63, 3.8) is 0 Å². The fraction of sp³-hybridized carbons (Fsp3) is 0.312. The summed E-state index contributed by atoms with van der Waals surface area (Å²) < 4.78 is 5.87. The van der Waals surface area contributed by atoms with Crippen molar-refractivity contribution in [2.45, 2.75) is 19.8 Å². The molecule has 1 N–H and O–H groups in total. The lowest BCUT2D eigenvalue weighted by Crippen LogP contribution is -2.04. The van der Waals surface area contributed by atoms with E-state index in [9.17, 15) is 4.79 Å². The van der Waals surface area contributed by atoms with Gasteiger partial charge in [0.05, 0.1) is 12.3 Å². The Kier molecular flexibility index (Phi) is 3.11. The van der Waals surface area contributed by atoms with E-state index in [1.54, 1.807) is 12.1 Å². The zero-order chi connectivity index (χ0) is 13.2. The Balaban J connectivity index is 1.95. The molecule has 1 saturated carbocycles. The number of aromatic nitrogens is 1. The number of aromatic amines is 1. The van der Waals surface area contributed by atoms with Crippen LogP contribution in [-0.2, 0) is 0 Å². The summed E-state index contributed by atoms with van der Waals surface area (Å²) in [7, 11) is 0. The lowest BCUT2D eigenvalue weighted by molar-refractivity contribution is 0.301. The summed E-state index contributed by atoms with van der Waals surface area (Å²) in [5.41, 5.74) is 2.64. The molecule has 0 radical (unpaired) electrons. The standard InChI is InChI=1S/C16H17NO2/c1-11-8-13(18)9-15(17-11)14-4-2-3-5-16(14)19-10-12-6-7-12/h2-5,8-9,12H,6-7,10H2,1H3,(H,17,18). The van der Waals surface area contributed by atoms with E-state index in [-0.39, 0.29) is 5.43 Å². The minimum Gasteiger partial charge on any atom is -0.493 e. The maximum absolute atomic E-state index is 11.6. The van der Waals surface area contributed by atoms with Crippen LogP contribution >= 0.6 is 0 Å². The Morgan fingerprint density at radius 1 is 1.26 bits per heavy atom. The number of ether oxygens (including phenoxy) is 1. The minimum absolute atomic E-state index is 0.0169. The van der Waals surface area contributed by atoms with Crippen LogP contribution in [0.15, 0.2) is 41.2 Å². The summed E-state index contributed by atoms with van der Waals surface area (Å²) >= 11 is 0. The molecule has 0 atom stereocenters. The molecule has 19 heavy (non-hydrogen) atoms. The molecule has 0 unspecified atom stereocenters. The maximum Gasteiger partial charge on any atom is 0.182 e. The van der Waals surface area contributed by atoms with Crippen LogP contribution in [-0.4, -0.2) is 11.6 Å². The molecule has 0 saturated heterocycles. The highest BCUT2D eigenvalue weighted by molar-refractivity contribution is 5.67. The van der Waals surface area contributed by atoms with Gasteiger partial charge in [0, 0.05) is 23.4 Å². The van der Waals surface area contributed by atoms with Crippen molar-refractivity contribution in [3.05, 3.63) is 52.3 Å². The summed E-state index contributed by atoms with van der Waals surface area (Å²) in [6.45, 7) is 2.66. The van der Waals surface area contributed by atoms with Crippen LogP contribution in [0, 0.1) is 12.8 Å². The van der Waals surface area contributed by atoms with Gasteiger partial charge in [-0.05, 0) is 37.8 Å². The Morgan fingerprint density at radius 2 is 2.05 bits per heavy atom. The van der Waals surface area contributed by atoms with Gasteiger partial charge in [-0.3, -0.25) is 4.79 Å². The third kappa shape index (κ3) is 2.87. The molecule has 1 aliphatic carbocycles. The molecule has 1 heterocycles. The van der Waals surface area contributed by atoms with Crippen molar-refractivity contribution in [1.82, 2.24) is 4.98 Å². The van der Waals surface area contributed by atoms with E-state index in [0.29, 0.717) is 5.92 Å². The van der Waals surface area contributed by atoms with E-state index in [0.717, 1.165) is 29.3 Å². The van der Waals surface area contributed by atoms with Crippen molar-refractivity contribution in [1.29, 1.82) is 0 Å². The zero-order valence-corrected chi connectivity index (χ0v) is 11.0. The molecule has 0 amide bonds. The molecule has 1 fully saturated rings. The smallest absolute Gasteiger partial charge is 0.182 e. The number of rotatable bonds is 4. The number of hydrogen-bond donors (Lipinski definition) is 1. The SMILES string of the molecule is Cc1cc(=O)cc(-c2ccccc2OCC2CC2)[nH]1. The number of pyridine rings is 1. The normalized spacial score (nSPS) is 14.4. The van der Waals surface area contributed by atoms with Crippen LogP contribution in [0.2, 0.25) is 0 Å². The number of hydrogen-bond acceptors (Lipinski definition) is 2. The van der Waals surface area contributed by atoms with Gasteiger partial charge >= 0.3 is 0 Å². The van der Waals surface area contributed by atoms with Crippen LogP contribution in [0.25, 0.3) is 11.3 Å². The van der Waals surface area contributed by atoms with Gasteiger partial charge in [-0.2, -0.15) is 0 Å². The molecule has 1 aliphatic rings. The first-order valence-electron chi connectivity index (χ1n) is 6.65. The van der Waals surface area contributed by atoms with E-state index in [4.69, 9.17) is 4.74 Å². The highest BCUT2D eigenvalue weighted by Gasteiger charge is 2.22. The number of H-pyrrole nitrogens is 1. The molecule has 98 valence electrons. The van der Waals surface area contributed by atoms with Crippen LogP contribution in [0.5, 0.6) is 5.75 Å². The first-order chi connectivity index (χ1) is 9.22. The van der Waals surface area contributed by atoms with Crippen molar-refractivity contribution in [3.8, 4) is 17.0 Å². The summed E-state index contributed by atoms with van der Waals surface area (Å²) in [5, 5.41) is 0. The second kappa shape index (κ2) is 4.92. The fourth-order valence-electron chi connectivity index (χ4n) is 2.13. The monoisotopic (exact) mass is 255 g/mol. The van der Waals surface area contributed by atoms with Gasteiger partial charge in [-0.15, -0.1) is 0 Å². The molecule has 3 nitrogen and oxygen atoms in total. The van der Waals surface area contributed by atoms with Crippen LogP contribution in [0.3, 0.4) is 0 Å². The third-order valence-electron chi connectivity index (χ3n) is 3.33. The summed E-state index contributed by atoms with van der Waals surface area (Å²) in [4.78, 5) is 14.8. The van der Waals surface area contributed by atoms with Gasteiger partial charge in [0.25, 0.3) is 0 Å². The van der Waals surface area contributed by atoms with Gasteiger partial charge in [0.2, 0.25) is 0 Å². The third-order valence-corrected chi connectivity index (χ3v) is 3.33. The number of nitrogens with one attached hydrogen (secondary N) is 1. The number of benzene rings is 1. The summed E-state index contributed by atoms with van der Waals surface area (Å²) in [6, 6.07) is 11.1. The van der Waals surface area contributed by atoms with E-state index in [1.165, 1.54) is 12.8 Å². The first kappa shape index (κ1) is 12.0. The first-order valence-corrected chi connectivity index (χ1v) is 6.65. The average Bonchev–Trinajstić information content (AvgIpc) is 3.19. The molecule has 0 aliphatic heterocycles. The molecule has 0 bridgehead atoms. The highest BCUT2D eigenvalue weighted by Crippen LogP contribution is 2.32. The maximum atomic E-state index is 11.6. The second-order valence-corrected chi connectivity index (χ2v) is 5.16. The van der Waals surface area contributed by atoms with Crippen molar-refractivity contribution in [2.24, 2.45) is 5.92 Å². The molecule has 2 aromatic rings. The van der Waals surface area contributed by atoms with Crippen molar-refractivity contribution in [2.75, 3.05) is 6.61 Å². The summed E-state index contributed by atoms with van der Waals surface area (Å²) in [6.07, 6.45) is 2.53. The zero-order valence-electron chi connectivity index (χ0n) is 11.0. The molecule has 0 spiro atoms. The van der Waals surface area contributed by atoms with E-state index >= 15 is 0 Å². The second-order valence-electron chi connectivity index (χ2n) is 5.16. The van der Waals surface area contributed by atoms with Gasteiger partial charge in [-0.1, -0.05) is 12.1 Å². The number of aryl methyl sites for hydroxylation is 1. The van der Waals surface area contributed by atoms with Crippen molar-refractivity contribution < 1.29 is 4.74 Å². The van der Waals surface area contributed by atoms with Gasteiger partial charge < -0.3 is 9.72 Å². The molecular weight excluding hydrogens is 238 g/mol. The molecule has 1 aromatic heterocycles. The lowest BCUT2D eigenvalue weighted by Gasteiger charge is -2.11. The van der Waals surface area contributed by atoms with Crippen LogP contribution in [0.4, 0.5) is 0 Å². The molecule has 3 heteroatoms. The predicted molar refractivity (Wildman–Crippen MR) is 75.5 cm³/mol. The van der Waals surface area contributed by atoms with Gasteiger partial charge in [-0.25, -0.2) is 0 Å². The quantitative estimate of drug-likeness (QED) is 0.912. The van der Waals surface area contributed by atoms with Crippen LogP contribution < -0.4 is 10.2 Å². The van der Waals surface area contributed by atoms with E-state index in [1.807, 2.05) is 31.2 Å². The highest BCUT2D eigenvalue weighted by atomic mass is 16.5. The van der Waals surface area contributed by atoms with Crippen molar-refractivity contribution >= 4 is 0 Å². The lowest BCUT2D eigenvalue weighted by atomic mass is 10.1. The molecule has 1 aromatic carbocycles. The van der Waals surface area contributed by atoms with Crippen LogP contribution in [0.1, 0.15) is 18.5 Å². The van der Waals surface area contributed by atoms with E-state index in [2.05, 4.69) is 4.98 Å². The minimum atomic E-state index is 0.0169. The Morgan fingerprint density at radius 3 is 2.79 bits per heavy atom. The average molecular weight is 255 g/mol. The Labute approximate surface area is 112 Å². The predicted octanol–water partition coefficient (Wildman–Crippen LogP) is 3.14. The van der Waals surface area contributed by atoms with Gasteiger partial charge in [0.1, 0.15) is 5.75 Å². The topological polar surface area (TPSA) is 42.1 Å². The molecule has 3 rings (SSSR count). The fourth-order valence-corrected chi connectivity index (χ4v) is 2.13. The van der Waals surface area contributed by atoms with E-state index < -0.39 is 0 Å².